The summed E-state index contributed by atoms with van der Waals surface area (Å²) >= 11 is 0. The molecule has 2 N–H and O–H groups in total. The minimum Gasteiger partial charge on any atom is -0.357 e. The first-order valence-corrected chi connectivity index (χ1v) is 5.93. The number of H-pyrrole nitrogens is 1. The van der Waals surface area contributed by atoms with Gasteiger partial charge in [-0.3, -0.25) is 0 Å². The van der Waals surface area contributed by atoms with Gasteiger partial charge in [0.25, 0.3) is 0 Å². The lowest BCUT2D eigenvalue weighted by Gasteiger charge is -2.07. The van der Waals surface area contributed by atoms with Gasteiger partial charge in [-0.2, -0.15) is 0 Å². The molecule has 0 bridgehead atoms. The summed E-state index contributed by atoms with van der Waals surface area (Å²) in [6, 6.07) is 10.0. The van der Waals surface area contributed by atoms with Crippen LogP contribution in [0.4, 0.5) is 5.82 Å². The number of anilines is 1. The molecule has 0 amide bonds. The molecule has 96 valence electrons. The third-order valence-corrected chi connectivity index (χ3v) is 2.68. The number of aromatic amines is 1. The van der Waals surface area contributed by atoms with Gasteiger partial charge < -0.3 is 15.0 Å². The fourth-order valence-corrected chi connectivity index (χ4v) is 1.76. The third-order valence-electron chi connectivity index (χ3n) is 2.68. The highest BCUT2D eigenvalue weighted by Gasteiger charge is 2.04. The standard InChI is InChI=1S/C13H13N5O/c1-2-4-10(5-3-1)6-19-9-18-13-11-12(15-7-14-11)16-8-17-13/h1-5,7-8H,6,9H2,(H2,14,15,16,17,18). The van der Waals surface area contributed by atoms with Gasteiger partial charge in [-0.1, -0.05) is 30.3 Å². The van der Waals surface area contributed by atoms with Crippen LogP contribution in [0.2, 0.25) is 0 Å². The number of benzene rings is 1. The first-order chi connectivity index (χ1) is 9.43. The fourth-order valence-electron chi connectivity index (χ4n) is 1.76. The van der Waals surface area contributed by atoms with Crippen molar-refractivity contribution >= 4 is 17.0 Å². The SMILES string of the molecule is c1ccc(COCNc2ncnc3nc[nH]c23)cc1. The van der Waals surface area contributed by atoms with Gasteiger partial charge >= 0.3 is 0 Å². The van der Waals surface area contributed by atoms with Gasteiger partial charge in [0, 0.05) is 0 Å². The Kier molecular flexibility index (Phi) is 3.33. The molecular formula is C13H13N5O. The third kappa shape index (κ3) is 2.69. The maximum Gasteiger partial charge on any atom is 0.182 e. The van der Waals surface area contributed by atoms with Gasteiger partial charge in [0.2, 0.25) is 0 Å². The van der Waals surface area contributed by atoms with E-state index in [-0.39, 0.29) is 0 Å². The molecule has 0 unspecified atom stereocenters. The van der Waals surface area contributed by atoms with Crippen LogP contribution in [0, 0.1) is 0 Å². The highest BCUT2D eigenvalue weighted by molar-refractivity contribution is 5.81. The van der Waals surface area contributed by atoms with E-state index < -0.39 is 0 Å². The lowest BCUT2D eigenvalue weighted by molar-refractivity contribution is 0.138. The van der Waals surface area contributed by atoms with Crippen molar-refractivity contribution in [2.45, 2.75) is 6.61 Å². The normalized spacial score (nSPS) is 10.7. The molecule has 0 atom stereocenters. The molecule has 0 aliphatic rings. The van der Waals surface area contributed by atoms with E-state index in [1.165, 1.54) is 6.33 Å². The summed E-state index contributed by atoms with van der Waals surface area (Å²) in [5.74, 6) is 0.690. The van der Waals surface area contributed by atoms with Gasteiger partial charge in [-0.05, 0) is 5.56 Å². The summed E-state index contributed by atoms with van der Waals surface area (Å²) in [4.78, 5) is 15.3. The maximum absolute atomic E-state index is 5.54. The zero-order chi connectivity index (χ0) is 12.9. The van der Waals surface area contributed by atoms with Crippen LogP contribution in [0.15, 0.2) is 43.0 Å². The number of nitrogens with zero attached hydrogens (tertiary/aromatic N) is 3. The van der Waals surface area contributed by atoms with Crippen molar-refractivity contribution in [2.75, 3.05) is 12.0 Å². The molecule has 0 aliphatic heterocycles. The number of hydrogen-bond acceptors (Lipinski definition) is 5. The molecule has 3 aromatic rings. The topological polar surface area (TPSA) is 75.7 Å². The summed E-state index contributed by atoms with van der Waals surface area (Å²) in [6.07, 6.45) is 3.07. The average Bonchev–Trinajstić information content (AvgIpc) is 2.94. The summed E-state index contributed by atoms with van der Waals surface area (Å²) in [6.45, 7) is 0.936. The number of imidazole rings is 1. The molecular weight excluding hydrogens is 242 g/mol. The summed E-state index contributed by atoms with van der Waals surface area (Å²) in [5, 5.41) is 3.10. The van der Waals surface area contributed by atoms with Crippen molar-refractivity contribution in [3.8, 4) is 0 Å². The lowest BCUT2D eigenvalue weighted by atomic mass is 10.2. The van der Waals surface area contributed by atoms with Crippen molar-refractivity contribution in [1.82, 2.24) is 19.9 Å². The Labute approximate surface area is 109 Å². The zero-order valence-corrected chi connectivity index (χ0v) is 10.2. The maximum atomic E-state index is 5.54. The van der Waals surface area contributed by atoms with Crippen molar-refractivity contribution in [3.05, 3.63) is 48.5 Å². The number of nitrogens with one attached hydrogen (secondary N) is 2. The number of hydrogen-bond donors (Lipinski definition) is 2. The number of aromatic nitrogens is 4. The Morgan fingerprint density at radius 1 is 1.11 bits per heavy atom. The Morgan fingerprint density at radius 2 is 2.00 bits per heavy atom. The van der Waals surface area contributed by atoms with E-state index in [2.05, 4.69) is 25.3 Å². The van der Waals surface area contributed by atoms with E-state index in [9.17, 15) is 0 Å². The van der Waals surface area contributed by atoms with Crippen molar-refractivity contribution in [2.24, 2.45) is 0 Å². The Morgan fingerprint density at radius 3 is 2.89 bits per heavy atom. The molecule has 2 aromatic heterocycles. The summed E-state index contributed by atoms with van der Waals surface area (Å²) in [5.41, 5.74) is 2.56. The highest BCUT2D eigenvalue weighted by atomic mass is 16.5. The second-order valence-electron chi connectivity index (χ2n) is 3.98. The summed E-state index contributed by atoms with van der Waals surface area (Å²) in [7, 11) is 0. The second kappa shape index (κ2) is 5.45. The Hall–Kier alpha value is -2.47. The average molecular weight is 255 g/mol. The van der Waals surface area contributed by atoms with Crippen LogP contribution >= 0.6 is 0 Å². The molecule has 0 aliphatic carbocycles. The smallest absolute Gasteiger partial charge is 0.182 e. The molecule has 0 spiro atoms. The molecule has 3 rings (SSSR count). The molecule has 0 radical (unpaired) electrons. The monoisotopic (exact) mass is 255 g/mol. The van der Waals surface area contributed by atoms with Crippen LogP contribution in [0.1, 0.15) is 5.56 Å². The molecule has 0 saturated heterocycles. The minimum absolute atomic E-state index is 0.375. The number of ether oxygens (including phenoxy) is 1. The van der Waals surface area contributed by atoms with Crippen molar-refractivity contribution in [1.29, 1.82) is 0 Å². The predicted octanol–water partition coefficient (Wildman–Crippen LogP) is 1.94. The fraction of sp³-hybridized carbons (Fsp3) is 0.154. The van der Waals surface area contributed by atoms with Gasteiger partial charge in [-0.25, -0.2) is 15.0 Å². The molecule has 6 nitrogen and oxygen atoms in total. The van der Waals surface area contributed by atoms with E-state index in [1.54, 1.807) is 6.33 Å². The van der Waals surface area contributed by atoms with Gasteiger partial charge in [-0.15, -0.1) is 0 Å². The van der Waals surface area contributed by atoms with E-state index in [0.29, 0.717) is 24.8 Å². The molecule has 0 fully saturated rings. The Balaban J connectivity index is 1.57. The first-order valence-electron chi connectivity index (χ1n) is 5.93. The van der Waals surface area contributed by atoms with E-state index in [1.807, 2.05) is 30.3 Å². The molecule has 2 heterocycles. The highest BCUT2D eigenvalue weighted by Crippen LogP contribution is 2.13. The lowest BCUT2D eigenvalue weighted by Crippen LogP contribution is -2.08. The van der Waals surface area contributed by atoms with Gasteiger partial charge in [0.05, 0.1) is 12.9 Å². The van der Waals surface area contributed by atoms with Gasteiger partial charge in [0.1, 0.15) is 18.6 Å². The first kappa shape index (κ1) is 11.6. The zero-order valence-electron chi connectivity index (χ0n) is 10.2. The van der Waals surface area contributed by atoms with Crippen LogP contribution < -0.4 is 5.32 Å². The van der Waals surface area contributed by atoms with E-state index in [0.717, 1.165) is 11.1 Å². The molecule has 0 saturated carbocycles. The van der Waals surface area contributed by atoms with Crippen LogP contribution in [-0.4, -0.2) is 26.7 Å². The second-order valence-corrected chi connectivity index (χ2v) is 3.98. The minimum atomic E-state index is 0.375. The largest absolute Gasteiger partial charge is 0.357 e. The molecule has 1 aromatic carbocycles. The van der Waals surface area contributed by atoms with E-state index in [4.69, 9.17) is 4.74 Å². The van der Waals surface area contributed by atoms with E-state index >= 15 is 0 Å². The number of fused-ring (bicyclic) bond motifs is 1. The molecule has 6 heteroatoms. The summed E-state index contributed by atoms with van der Waals surface area (Å²) < 4.78 is 5.54. The van der Waals surface area contributed by atoms with Crippen LogP contribution in [0.3, 0.4) is 0 Å². The van der Waals surface area contributed by atoms with Crippen molar-refractivity contribution < 1.29 is 4.74 Å². The molecule has 19 heavy (non-hydrogen) atoms. The van der Waals surface area contributed by atoms with Gasteiger partial charge in [0.15, 0.2) is 11.5 Å². The van der Waals surface area contributed by atoms with Crippen LogP contribution in [0.5, 0.6) is 0 Å². The van der Waals surface area contributed by atoms with Crippen LogP contribution in [0.25, 0.3) is 11.2 Å². The van der Waals surface area contributed by atoms with Crippen LogP contribution in [-0.2, 0) is 11.3 Å². The predicted molar refractivity (Wildman–Crippen MR) is 71.4 cm³/mol. The number of rotatable bonds is 5. The van der Waals surface area contributed by atoms with Crippen molar-refractivity contribution in [3.63, 3.8) is 0 Å². The Bertz CT molecular complexity index is 652. The quantitative estimate of drug-likeness (QED) is 0.538.